The SMILES string of the molecule is Nc1cccc([N+](=O)[O-])c1C(=O)N1CCCC(c2cn[nH]c2)C1. The zero-order valence-electron chi connectivity index (χ0n) is 12.4. The Hall–Kier alpha value is -2.90. The van der Waals surface area contributed by atoms with Crippen molar-refractivity contribution in [3.05, 3.63) is 51.8 Å². The number of aromatic amines is 1. The van der Waals surface area contributed by atoms with E-state index in [0.717, 1.165) is 18.4 Å². The first-order valence-corrected chi connectivity index (χ1v) is 7.38. The van der Waals surface area contributed by atoms with Gasteiger partial charge in [-0.05, 0) is 24.5 Å². The van der Waals surface area contributed by atoms with Crippen LogP contribution < -0.4 is 5.73 Å². The summed E-state index contributed by atoms with van der Waals surface area (Å²) in [7, 11) is 0. The lowest BCUT2D eigenvalue weighted by Gasteiger charge is -2.32. The number of nitro groups is 1. The first kappa shape index (κ1) is 15.0. The molecule has 0 radical (unpaired) electrons. The highest BCUT2D eigenvalue weighted by Gasteiger charge is 2.31. The number of carbonyl (C=O) groups is 1. The van der Waals surface area contributed by atoms with Crippen molar-refractivity contribution in [3.8, 4) is 0 Å². The number of amides is 1. The molecule has 2 aromatic rings. The van der Waals surface area contributed by atoms with Gasteiger partial charge in [-0.15, -0.1) is 0 Å². The summed E-state index contributed by atoms with van der Waals surface area (Å²) in [6.45, 7) is 1.07. The standard InChI is InChI=1S/C15H17N5O3/c16-12-4-1-5-13(20(22)23)14(12)15(21)19-6-2-3-10(9-19)11-7-17-18-8-11/h1,4-5,7-8,10H,2-3,6,9,16H2,(H,17,18). The highest BCUT2D eigenvalue weighted by atomic mass is 16.6. The molecule has 1 saturated heterocycles. The third-order valence-electron chi connectivity index (χ3n) is 4.18. The number of anilines is 1. The molecule has 8 nitrogen and oxygen atoms in total. The maximum atomic E-state index is 12.8. The Morgan fingerprint density at radius 3 is 3.00 bits per heavy atom. The molecule has 1 amide bonds. The lowest BCUT2D eigenvalue weighted by atomic mass is 9.92. The van der Waals surface area contributed by atoms with Crippen molar-refractivity contribution in [3.63, 3.8) is 0 Å². The van der Waals surface area contributed by atoms with Crippen LogP contribution in [0.4, 0.5) is 11.4 Å². The summed E-state index contributed by atoms with van der Waals surface area (Å²) >= 11 is 0. The van der Waals surface area contributed by atoms with Gasteiger partial charge in [0.1, 0.15) is 5.56 Å². The Labute approximate surface area is 132 Å². The van der Waals surface area contributed by atoms with Crippen LogP contribution in [-0.2, 0) is 0 Å². The second kappa shape index (κ2) is 6.07. The van der Waals surface area contributed by atoms with E-state index < -0.39 is 4.92 Å². The van der Waals surface area contributed by atoms with Crippen LogP contribution in [0.1, 0.15) is 34.7 Å². The summed E-state index contributed by atoms with van der Waals surface area (Å²) < 4.78 is 0. The van der Waals surface area contributed by atoms with E-state index in [9.17, 15) is 14.9 Å². The Bertz CT molecular complexity index is 729. The molecule has 1 aromatic carbocycles. The Morgan fingerprint density at radius 1 is 1.48 bits per heavy atom. The number of hydrogen-bond donors (Lipinski definition) is 2. The van der Waals surface area contributed by atoms with E-state index in [1.807, 2.05) is 6.20 Å². The number of nitrogens with zero attached hydrogens (tertiary/aromatic N) is 3. The second-order valence-corrected chi connectivity index (χ2v) is 5.62. The molecule has 0 bridgehead atoms. The first-order valence-electron chi connectivity index (χ1n) is 7.38. The van der Waals surface area contributed by atoms with Crippen molar-refractivity contribution in [1.29, 1.82) is 0 Å². The monoisotopic (exact) mass is 315 g/mol. The van der Waals surface area contributed by atoms with Gasteiger partial charge in [0.25, 0.3) is 11.6 Å². The maximum Gasteiger partial charge on any atom is 0.284 e. The van der Waals surface area contributed by atoms with E-state index >= 15 is 0 Å². The first-order chi connectivity index (χ1) is 11.1. The molecule has 8 heteroatoms. The molecule has 3 rings (SSSR count). The van der Waals surface area contributed by atoms with Crippen LogP contribution in [0.2, 0.25) is 0 Å². The van der Waals surface area contributed by atoms with E-state index in [4.69, 9.17) is 5.73 Å². The van der Waals surface area contributed by atoms with Gasteiger partial charge in [-0.2, -0.15) is 5.10 Å². The molecular weight excluding hydrogens is 298 g/mol. The summed E-state index contributed by atoms with van der Waals surface area (Å²) in [5, 5.41) is 17.9. The minimum Gasteiger partial charge on any atom is -0.398 e. The molecule has 1 unspecified atom stereocenters. The minimum absolute atomic E-state index is 0.0228. The van der Waals surface area contributed by atoms with Gasteiger partial charge < -0.3 is 10.6 Å². The molecule has 0 aliphatic carbocycles. The Balaban J connectivity index is 1.87. The van der Waals surface area contributed by atoms with Crippen molar-refractivity contribution in [1.82, 2.24) is 15.1 Å². The van der Waals surface area contributed by atoms with Gasteiger partial charge in [0.2, 0.25) is 0 Å². The number of nitrogen functional groups attached to an aromatic ring is 1. The second-order valence-electron chi connectivity index (χ2n) is 5.62. The number of carbonyl (C=O) groups excluding carboxylic acids is 1. The van der Waals surface area contributed by atoms with E-state index in [2.05, 4.69) is 10.2 Å². The number of aromatic nitrogens is 2. The number of nitrogens with one attached hydrogen (secondary N) is 1. The number of hydrogen-bond acceptors (Lipinski definition) is 5. The van der Waals surface area contributed by atoms with Crippen molar-refractivity contribution >= 4 is 17.3 Å². The fourth-order valence-electron chi connectivity index (χ4n) is 3.02. The van der Waals surface area contributed by atoms with Crippen molar-refractivity contribution in [2.75, 3.05) is 18.8 Å². The number of piperidine rings is 1. The molecule has 1 aliphatic rings. The predicted molar refractivity (Wildman–Crippen MR) is 84.0 cm³/mol. The lowest BCUT2D eigenvalue weighted by molar-refractivity contribution is -0.385. The molecule has 1 fully saturated rings. The summed E-state index contributed by atoms with van der Waals surface area (Å²) in [6.07, 6.45) is 5.35. The highest BCUT2D eigenvalue weighted by Crippen LogP contribution is 2.30. The third kappa shape index (κ3) is 2.87. The summed E-state index contributed by atoms with van der Waals surface area (Å²) in [6, 6.07) is 4.30. The normalized spacial score (nSPS) is 17.9. The van der Waals surface area contributed by atoms with Crippen LogP contribution >= 0.6 is 0 Å². The van der Waals surface area contributed by atoms with Crippen LogP contribution in [0.5, 0.6) is 0 Å². The van der Waals surface area contributed by atoms with Gasteiger partial charge in [0, 0.05) is 31.3 Å². The van der Waals surface area contributed by atoms with Crippen molar-refractivity contribution < 1.29 is 9.72 Å². The van der Waals surface area contributed by atoms with Crippen LogP contribution in [0, 0.1) is 10.1 Å². The number of likely N-dealkylation sites (tertiary alicyclic amines) is 1. The van der Waals surface area contributed by atoms with Crippen LogP contribution in [0.15, 0.2) is 30.6 Å². The molecule has 3 N–H and O–H groups in total. The number of nitro benzene ring substituents is 1. The van der Waals surface area contributed by atoms with Gasteiger partial charge in [-0.3, -0.25) is 20.0 Å². The molecule has 120 valence electrons. The Morgan fingerprint density at radius 2 is 2.30 bits per heavy atom. The van der Waals surface area contributed by atoms with E-state index in [-0.39, 0.29) is 28.8 Å². The molecular formula is C15H17N5O3. The topological polar surface area (TPSA) is 118 Å². The molecule has 23 heavy (non-hydrogen) atoms. The summed E-state index contributed by atoms with van der Waals surface area (Å²) in [4.78, 5) is 25.0. The third-order valence-corrected chi connectivity index (χ3v) is 4.18. The van der Waals surface area contributed by atoms with Crippen LogP contribution in [0.3, 0.4) is 0 Å². The minimum atomic E-state index is -0.568. The number of nitrogens with two attached hydrogens (primary N) is 1. The molecule has 1 aromatic heterocycles. The molecule has 1 aliphatic heterocycles. The van der Waals surface area contributed by atoms with Gasteiger partial charge in [0.15, 0.2) is 0 Å². The van der Waals surface area contributed by atoms with Crippen LogP contribution in [-0.4, -0.2) is 39.0 Å². The number of benzene rings is 1. The van der Waals surface area contributed by atoms with Gasteiger partial charge in [-0.1, -0.05) is 6.07 Å². The molecule has 1 atom stereocenters. The molecule has 0 saturated carbocycles. The zero-order chi connectivity index (χ0) is 16.4. The van der Waals surface area contributed by atoms with Gasteiger partial charge in [-0.25, -0.2) is 0 Å². The number of H-pyrrole nitrogens is 1. The average Bonchev–Trinajstić information content (AvgIpc) is 3.08. The van der Waals surface area contributed by atoms with E-state index in [0.29, 0.717) is 13.1 Å². The summed E-state index contributed by atoms with van der Waals surface area (Å²) in [5.41, 5.74) is 6.73. The fraction of sp³-hybridized carbons (Fsp3) is 0.333. The quantitative estimate of drug-likeness (QED) is 0.509. The smallest absolute Gasteiger partial charge is 0.284 e. The largest absolute Gasteiger partial charge is 0.398 e. The summed E-state index contributed by atoms with van der Waals surface area (Å²) in [5.74, 6) is -0.210. The van der Waals surface area contributed by atoms with Crippen molar-refractivity contribution in [2.24, 2.45) is 0 Å². The van der Waals surface area contributed by atoms with Gasteiger partial charge >= 0.3 is 0 Å². The van der Waals surface area contributed by atoms with Gasteiger partial charge in [0.05, 0.1) is 16.8 Å². The van der Waals surface area contributed by atoms with Crippen molar-refractivity contribution in [2.45, 2.75) is 18.8 Å². The zero-order valence-corrected chi connectivity index (χ0v) is 12.4. The highest BCUT2D eigenvalue weighted by molar-refractivity contribution is 6.03. The molecule has 0 spiro atoms. The molecule has 2 heterocycles. The average molecular weight is 315 g/mol. The predicted octanol–water partition coefficient (Wildman–Crippen LogP) is 1.92. The van der Waals surface area contributed by atoms with E-state index in [1.165, 1.54) is 18.2 Å². The number of rotatable bonds is 3. The Kier molecular flexibility index (Phi) is 3.96. The maximum absolute atomic E-state index is 12.8. The fourth-order valence-corrected chi connectivity index (χ4v) is 3.02. The van der Waals surface area contributed by atoms with E-state index in [1.54, 1.807) is 11.1 Å². The lowest BCUT2D eigenvalue weighted by Crippen LogP contribution is -2.39. The van der Waals surface area contributed by atoms with Crippen LogP contribution in [0.25, 0.3) is 0 Å².